The molecule has 2 aliphatic heterocycles. The van der Waals surface area contributed by atoms with E-state index < -0.39 is 42.0 Å². The number of hydrogen-bond donors (Lipinski definition) is 0. The van der Waals surface area contributed by atoms with Crippen molar-refractivity contribution in [1.29, 1.82) is 0 Å². The topological polar surface area (TPSA) is 88.1 Å². The molecule has 0 aromatic heterocycles. The fourth-order valence-corrected chi connectivity index (χ4v) is 5.12. The number of hydrogen-bond acceptors (Lipinski definition) is 7. The third-order valence-corrected chi connectivity index (χ3v) is 7.16. The molecule has 2 aromatic rings. The minimum Gasteiger partial charge on any atom is -0.497 e. The van der Waals surface area contributed by atoms with Crippen molar-refractivity contribution < 1.29 is 33.3 Å². The number of esters is 3. The largest absolute Gasteiger partial charge is 0.497 e. The molecule has 0 amide bonds. The van der Waals surface area contributed by atoms with Crippen LogP contribution in [0, 0.1) is 5.92 Å². The van der Waals surface area contributed by atoms with Gasteiger partial charge in [-0.3, -0.25) is 4.79 Å². The molecule has 1 aliphatic carbocycles. The Bertz CT molecular complexity index is 1330. The van der Waals surface area contributed by atoms with Gasteiger partial charge in [-0.15, -0.1) is 0 Å². The molecule has 2 aromatic carbocycles. The van der Waals surface area contributed by atoms with Crippen LogP contribution in [0.25, 0.3) is 10.8 Å². The van der Waals surface area contributed by atoms with Gasteiger partial charge in [0.05, 0.1) is 18.9 Å². The van der Waals surface area contributed by atoms with E-state index in [1.807, 2.05) is 49.4 Å². The van der Waals surface area contributed by atoms with E-state index in [1.165, 1.54) is 0 Å². The van der Waals surface area contributed by atoms with Gasteiger partial charge in [-0.25, -0.2) is 9.59 Å². The molecule has 0 saturated carbocycles. The van der Waals surface area contributed by atoms with Gasteiger partial charge in [-0.2, -0.15) is 0 Å². The molecule has 1 fully saturated rings. The molecule has 5 rings (SSSR count). The molecule has 7 nitrogen and oxygen atoms in total. The summed E-state index contributed by atoms with van der Waals surface area (Å²) in [5, 5.41) is 1.99. The van der Waals surface area contributed by atoms with E-state index in [2.05, 4.69) is 6.58 Å². The first kappa shape index (κ1) is 23.9. The molecule has 2 bridgehead atoms. The highest BCUT2D eigenvalue weighted by atomic mass is 16.6. The molecule has 1 saturated heterocycles. The fourth-order valence-electron chi connectivity index (χ4n) is 5.12. The Hall–Kier alpha value is -3.87. The van der Waals surface area contributed by atoms with Gasteiger partial charge >= 0.3 is 17.9 Å². The molecule has 186 valence electrons. The van der Waals surface area contributed by atoms with Gasteiger partial charge in [0.2, 0.25) is 0 Å². The molecule has 0 unspecified atom stereocenters. The van der Waals surface area contributed by atoms with E-state index in [-0.39, 0.29) is 18.1 Å². The third kappa shape index (κ3) is 4.41. The van der Waals surface area contributed by atoms with Crippen LogP contribution in [0.3, 0.4) is 0 Å². The zero-order valence-corrected chi connectivity index (χ0v) is 20.5. The molecule has 36 heavy (non-hydrogen) atoms. The first-order valence-corrected chi connectivity index (χ1v) is 12.0. The normalized spacial score (nSPS) is 27.8. The second kappa shape index (κ2) is 9.30. The molecule has 7 heteroatoms. The second-order valence-electron chi connectivity index (χ2n) is 9.65. The Kier molecular flexibility index (Phi) is 6.16. The van der Waals surface area contributed by atoms with Gasteiger partial charge in [0.1, 0.15) is 24.1 Å². The summed E-state index contributed by atoms with van der Waals surface area (Å²) < 4.78 is 22.3. The Balaban J connectivity index is 1.42. The molecule has 0 spiro atoms. The maximum absolute atomic E-state index is 13.4. The maximum Gasteiger partial charge on any atom is 0.334 e. The van der Waals surface area contributed by atoms with Crippen molar-refractivity contribution in [3.8, 4) is 5.75 Å². The smallest absolute Gasteiger partial charge is 0.334 e. The zero-order chi connectivity index (χ0) is 25.6. The predicted octanol–water partition coefficient (Wildman–Crippen LogP) is 4.55. The van der Waals surface area contributed by atoms with Crippen molar-refractivity contribution in [3.63, 3.8) is 0 Å². The minimum absolute atomic E-state index is 0.190. The number of carbonyl (C=O) groups is 3. The molecule has 3 aliphatic rings. The summed E-state index contributed by atoms with van der Waals surface area (Å²) in [4.78, 5) is 38.1. The summed E-state index contributed by atoms with van der Waals surface area (Å²) in [7, 11) is 1.62. The maximum atomic E-state index is 13.4. The SMILES string of the molecule is C=C1C(=O)O[C@H]2CC3=C[C@@H](C/C(C)=C/[C@@H](OC(=O)[C@H](C)c4ccc5cc(OC)ccc5c4)[C@H]12)OC3=O. The highest BCUT2D eigenvalue weighted by molar-refractivity contribution is 5.93. The molecule has 0 radical (unpaired) electrons. The van der Waals surface area contributed by atoms with Gasteiger partial charge in [0, 0.05) is 24.0 Å². The second-order valence-corrected chi connectivity index (χ2v) is 9.65. The number of methoxy groups -OCH3 is 1. The molecular formula is C29H28O7. The number of fused-ring (bicyclic) bond motifs is 3. The van der Waals surface area contributed by atoms with Crippen molar-refractivity contribution in [2.24, 2.45) is 5.92 Å². The Morgan fingerprint density at radius 1 is 1.03 bits per heavy atom. The number of benzene rings is 2. The van der Waals surface area contributed by atoms with Crippen LogP contribution >= 0.6 is 0 Å². The van der Waals surface area contributed by atoms with Crippen molar-refractivity contribution in [3.05, 3.63) is 77.4 Å². The fraction of sp³-hybridized carbons (Fsp3) is 0.345. The van der Waals surface area contributed by atoms with Crippen LogP contribution in [0.15, 0.2) is 71.8 Å². The lowest BCUT2D eigenvalue weighted by Crippen LogP contribution is -2.34. The standard InChI is InChI=1S/C29H28O7/c1-15-9-23-13-21(29(32)34-23)14-25-26(17(3)28(31)36-25)24(10-15)35-27(30)16(2)18-5-6-20-12-22(33-4)8-7-19(20)11-18/h5-8,10-13,16,23-26H,3,9,14H2,1-2,4H3/b15-10+/t16-,23-,24-,25+,26+/m1/s1. The van der Waals surface area contributed by atoms with Crippen molar-refractivity contribution in [2.75, 3.05) is 7.11 Å². The number of ether oxygens (including phenoxy) is 4. The van der Waals surface area contributed by atoms with E-state index in [0.29, 0.717) is 12.0 Å². The monoisotopic (exact) mass is 488 g/mol. The van der Waals surface area contributed by atoms with Gasteiger partial charge < -0.3 is 18.9 Å². The lowest BCUT2D eigenvalue weighted by atomic mass is 9.85. The van der Waals surface area contributed by atoms with Crippen LogP contribution in [0.1, 0.15) is 38.2 Å². The van der Waals surface area contributed by atoms with E-state index in [4.69, 9.17) is 18.9 Å². The van der Waals surface area contributed by atoms with E-state index >= 15 is 0 Å². The lowest BCUT2D eigenvalue weighted by Gasteiger charge is -2.27. The summed E-state index contributed by atoms with van der Waals surface area (Å²) in [5.74, 6) is -1.75. The first-order valence-electron chi connectivity index (χ1n) is 12.0. The van der Waals surface area contributed by atoms with Gasteiger partial charge in [0.25, 0.3) is 0 Å². The average Bonchev–Trinajstić information content (AvgIpc) is 3.33. The predicted molar refractivity (Wildman–Crippen MR) is 132 cm³/mol. The summed E-state index contributed by atoms with van der Waals surface area (Å²) in [6.07, 6.45) is 2.46. The zero-order valence-electron chi connectivity index (χ0n) is 20.5. The van der Waals surface area contributed by atoms with Gasteiger partial charge in [0.15, 0.2) is 0 Å². The summed E-state index contributed by atoms with van der Waals surface area (Å²) in [6.45, 7) is 7.60. The van der Waals surface area contributed by atoms with Crippen LogP contribution in [0.2, 0.25) is 0 Å². The van der Waals surface area contributed by atoms with Crippen LogP contribution in [-0.2, 0) is 28.6 Å². The van der Waals surface area contributed by atoms with E-state index in [0.717, 1.165) is 27.7 Å². The van der Waals surface area contributed by atoms with Crippen LogP contribution in [0.5, 0.6) is 5.75 Å². The van der Waals surface area contributed by atoms with Crippen LogP contribution in [0.4, 0.5) is 0 Å². The van der Waals surface area contributed by atoms with E-state index in [9.17, 15) is 14.4 Å². The summed E-state index contributed by atoms with van der Waals surface area (Å²) in [6, 6.07) is 11.6. The summed E-state index contributed by atoms with van der Waals surface area (Å²) in [5.41, 5.74) is 2.40. The quantitative estimate of drug-likeness (QED) is 0.270. The Labute approximate surface area is 209 Å². The first-order chi connectivity index (χ1) is 17.2. The van der Waals surface area contributed by atoms with Crippen molar-refractivity contribution in [1.82, 2.24) is 0 Å². The van der Waals surface area contributed by atoms with Crippen LogP contribution < -0.4 is 4.74 Å². The number of rotatable bonds is 4. The van der Waals surface area contributed by atoms with Gasteiger partial charge in [-0.1, -0.05) is 36.4 Å². The van der Waals surface area contributed by atoms with Crippen LogP contribution in [-0.4, -0.2) is 43.3 Å². The summed E-state index contributed by atoms with van der Waals surface area (Å²) >= 11 is 0. The highest BCUT2D eigenvalue weighted by Gasteiger charge is 2.46. The number of carbonyl (C=O) groups excluding carboxylic acids is 3. The third-order valence-electron chi connectivity index (χ3n) is 7.16. The highest BCUT2D eigenvalue weighted by Crippen LogP contribution is 2.39. The van der Waals surface area contributed by atoms with Crippen molar-refractivity contribution >= 4 is 28.7 Å². The molecule has 0 N–H and O–H groups in total. The lowest BCUT2D eigenvalue weighted by molar-refractivity contribution is -0.151. The van der Waals surface area contributed by atoms with Crippen molar-refractivity contribution in [2.45, 2.75) is 50.9 Å². The average molecular weight is 489 g/mol. The Morgan fingerprint density at radius 3 is 2.56 bits per heavy atom. The minimum atomic E-state index is -0.762. The van der Waals surface area contributed by atoms with E-state index in [1.54, 1.807) is 20.1 Å². The Morgan fingerprint density at radius 2 is 1.78 bits per heavy atom. The van der Waals surface area contributed by atoms with Gasteiger partial charge in [-0.05, 0) is 54.5 Å². The molecule has 2 heterocycles. The molecular weight excluding hydrogens is 460 g/mol. The molecule has 5 atom stereocenters.